The van der Waals surface area contributed by atoms with Gasteiger partial charge in [0.25, 0.3) is 0 Å². The first kappa shape index (κ1) is 12.2. The predicted molar refractivity (Wildman–Crippen MR) is 71.4 cm³/mol. The first-order valence-corrected chi connectivity index (χ1v) is 6.58. The van der Waals surface area contributed by atoms with E-state index in [1.54, 1.807) is 0 Å². The van der Waals surface area contributed by atoms with Crippen LogP contribution < -0.4 is 0 Å². The number of pyridine rings is 1. The molecule has 1 aliphatic heterocycles. The van der Waals surface area contributed by atoms with Crippen LogP contribution in [0.15, 0.2) is 18.3 Å². The van der Waals surface area contributed by atoms with Gasteiger partial charge in [0.05, 0.1) is 12.1 Å². The van der Waals surface area contributed by atoms with Crippen molar-refractivity contribution in [3.63, 3.8) is 0 Å². The molecule has 1 N–H and O–H groups in total. The van der Waals surface area contributed by atoms with E-state index in [9.17, 15) is 9.90 Å². The summed E-state index contributed by atoms with van der Waals surface area (Å²) in [5, 5.41) is 9.24. The Balaban J connectivity index is 2.06. The Labute approximate surface area is 111 Å². The Kier molecular flexibility index (Phi) is 2.98. The fraction of sp³-hybridized carbons (Fsp3) is 0.429. The minimum Gasteiger partial charge on any atom is -0.476 e. The molecule has 2 aromatic heterocycles. The number of hydrogen-bond donors (Lipinski definition) is 1. The summed E-state index contributed by atoms with van der Waals surface area (Å²) in [6.45, 7) is 4.86. The van der Waals surface area contributed by atoms with Gasteiger partial charge in [-0.15, -0.1) is 0 Å². The Morgan fingerprint density at radius 2 is 2.11 bits per heavy atom. The molecule has 0 radical (unpaired) electrons. The molecule has 3 rings (SSSR count). The monoisotopic (exact) mass is 259 g/mol. The summed E-state index contributed by atoms with van der Waals surface area (Å²) < 4.78 is 1.91. The Hall–Kier alpha value is -1.88. The summed E-state index contributed by atoms with van der Waals surface area (Å²) in [5.41, 5.74) is 1.92. The molecule has 1 fully saturated rings. The van der Waals surface area contributed by atoms with Crippen molar-refractivity contribution in [2.24, 2.45) is 0 Å². The molecule has 0 unspecified atom stereocenters. The predicted octanol–water partition coefficient (Wildman–Crippen LogP) is 1.94. The van der Waals surface area contributed by atoms with Crippen LogP contribution in [-0.2, 0) is 6.54 Å². The quantitative estimate of drug-likeness (QED) is 0.915. The molecule has 0 atom stereocenters. The van der Waals surface area contributed by atoms with Crippen molar-refractivity contribution in [2.45, 2.75) is 26.3 Å². The highest BCUT2D eigenvalue weighted by molar-refractivity contribution is 5.93. The SMILES string of the molecule is Cc1ccc2c(C(=O)O)nc(CN3CCCC3)n2c1. The maximum Gasteiger partial charge on any atom is 0.356 e. The van der Waals surface area contributed by atoms with Crippen LogP contribution in [0.1, 0.15) is 34.7 Å². The van der Waals surface area contributed by atoms with E-state index in [0.717, 1.165) is 31.0 Å². The molecular formula is C14H17N3O2. The number of imidazole rings is 1. The third kappa shape index (κ3) is 2.21. The number of rotatable bonds is 3. The molecule has 2 aromatic rings. The van der Waals surface area contributed by atoms with Crippen molar-refractivity contribution < 1.29 is 9.90 Å². The van der Waals surface area contributed by atoms with Gasteiger partial charge in [-0.25, -0.2) is 9.78 Å². The van der Waals surface area contributed by atoms with Gasteiger partial charge in [-0.3, -0.25) is 4.90 Å². The third-order valence-corrected chi connectivity index (χ3v) is 3.62. The van der Waals surface area contributed by atoms with Gasteiger partial charge in [-0.2, -0.15) is 0 Å². The molecular weight excluding hydrogens is 242 g/mol. The van der Waals surface area contributed by atoms with Gasteiger partial charge in [0, 0.05) is 6.20 Å². The number of likely N-dealkylation sites (tertiary alicyclic amines) is 1. The Morgan fingerprint density at radius 3 is 2.79 bits per heavy atom. The van der Waals surface area contributed by atoms with Gasteiger partial charge in [0.15, 0.2) is 5.69 Å². The highest BCUT2D eigenvalue weighted by Crippen LogP contribution is 2.18. The standard InChI is InChI=1S/C14H17N3O2/c1-10-4-5-11-13(14(18)19)15-12(17(11)8-10)9-16-6-2-3-7-16/h4-5,8H,2-3,6-7,9H2,1H3,(H,18,19). The summed E-state index contributed by atoms with van der Waals surface area (Å²) in [6, 6.07) is 3.75. The zero-order chi connectivity index (χ0) is 13.4. The average Bonchev–Trinajstić information content (AvgIpc) is 2.98. The maximum atomic E-state index is 11.3. The second kappa shape index (κ2) is 4.66. The van der Waals surface area contributed by atoms with Crippen LogP contribution >= 0.6 is 0 Å². The molecule has 5 nitrogen and oxygen atoms in total. The van der Waals surface area contributed by atoms with E-state index in [4.69, 9.17) is 0 Å². The number of aryl methyl sites for hydroxylation is 1. The summed E-state index contributed by atoms with van der Waals surface area (Å²) in [6.07, 6.45) is 4.39. The van der Waals surface area contributed by atoms with Crippen LogP contribution in [0.3, 0.4) is 0 Å². The van der Waals surface area contributed by atoms with Gasteiger partial charge < -0.3 is 9.51 Å². The maximum absolute atomic E-state index is 11.3. The molecule has 0 saturated carbocycles. The number of carboxylic acids is 1. The number of hydrogen-bond acceptors (Lipinski definition) is 3. The fourth-order valence-corrected chi connectivity index (χ4v) is 2.66. The lowest BCUT2D eigenvalue weighted by atomic mass is 10.2. The van der Waals surface area contributed by atoms with E-state index in [-0.39, 0.29) is 5.69 Å². The third-order valence-electron chi connectivity index (χ3n) is 3.62. The number of fused-ring (bicyclic) bond motifs is 1. The van der Waals surface area contributed by atoms with Crippen LogP contribution in [0.5, 0.6) is 0 Å². The molecule has 3 heterocycles. The van der Waals surface area contributed by atoms with E-state index in [1.165, 1.54) is 12.8 Å². The lowest BCUT2D eigenvalue weighted by molar-refractivity contribution is 0.0693. The van der Waals surface area contributed by atoms with E-state index >= 15 is 0 Å². The zero-order valence-electron chi connectivity index (χ0n) is 11.0. The second-order valence-corrected chi connectivity index (χ2v) is 5.13. The van der Waals surface area contributed by atoms with Crippen molar-refractivity contribution >= 4 is 11.5 Å². The number of aromatic nitrogens is 2. The highest BCUT2D eigenvalue weighted by Gasteiger charge is 2.19. The van der Waals surface area contributed by atoms with Gasteiger partial charge in [-0.1, -0.05) is 6.07 Å². The zero-order valence-corrected chi connectivity index (χ0v) is 11.0. The number of nitrogens with zero attached hydrogens (tertiary/aromatic N) is 3. The molecule has 0 aromatic carbocycles. The largest absolute Gasteiger partial charge is 0.476 e. The number of carboxylic acid groups (broad SMARTS) is 1. The molecule has 1 aliphatic rings. The van der Waals surface area contributed by atoms with Crippen LogP contribution in [0.2, 0.25) is 0 Å². The van der Waals surface area contributed by atoms with E-state index < -0.39 is 5.97 Å². The van der Waals surface area contributed by atoms with E-state index in [1.807, 2.05) is 29.7 Å². The fourth-order valence-electron chi connectivity index (χ4n) is 2.66. The summed E-state index contributed by atoms with van der Waals surface area (Å²) in [4.78, 5) is 17.9. The highest BCUT2D eigenvalue weighted by atomic mass is 16.4. The lowest BCUT2D eigenvalue weighted by Crippen LogP contribution is -2.20. The molecule has 5 heteroatoms. The molecule has 19 heavy (non-hydrogen) atoms. The van der Waals surface area contributed by atoms with Gasteiger partial charge in [0.1, 0.15) is 5.82 Å². The van der Waals surface area contributed by atoms with Crippen molar-refractivity contribution in [3.05, 3.63) is 35.4 Å². The van der Waals surface area contributed by atoms with E-state index in [2.05, 4.69) is 9.88 Å². The van der Waals surface area contributed by atoms with Crippen molar-refractivity contribution in [1.29, 1.82) is 0 Å². The second-order valence-electron chi connectivity index (χ2n) is 5.13. The summed E-state index contributed by atoms with van der Waals surface area (Å²) in [5.74, 6) is -0.146. The molecule has 0 aliphatic carbocycles. The molecule has 100 valence electrons. The van der Waals surface area contributed by atoms with E-state index in [0.29, 0.717) is 5.52 Å². The topological polar surface area (TPSA) is 57.8 Å². The van der Waals surface area contributed by atoms with Crippen LogP contribution in [0.4, 0.5) is 0 Å². The normalized spacial score (nSPS) is 16.3. The summed E-state index contributed by atoms with van der Waals surface area (Å²) in [7, 11) is 0. The van der Waals surface area contributed by atoms with Crippen molar-refractivity contribution in [1.82, 2.24) is 14.3 Å². The molecule has 0 spiro atoms. The lowest BCUT2D eigenvalue weighted by Gasteiger charge is -2.13. The molecule has 0 bridgehead atoms. The first-order chi connectivity index (χ1) is 9.15. The van der Waals surface area contributed by atoms with Crippen molar-refractivity contribution in [2.75, 3.05) is 13.1 Å². The minimum absolute atomic E-state index is 0.147. The molecule has 1 saturated heterocycles. The first-order valence-electron chi connectivity index (χ1n) is 6.58. The van der Waals surface area contributed by atoms with Crippen LogP contribution in [0, 0.1) is 6.92 Å². The van der Waals surface area contributed by atoms with Gasteiger partial charge >= 0.3 is 5.97 Å². The smallest absolute Gasteiger partial charge is 0.356 e. The van der Waals surface area contributed by atoms with Crippen molar-refractivity contribution in [3.8, 4) is 0 Å². The van der Waals surface area contributed by atoms with Crippen LogP contribution in [-0.4, -0.2) is 38.4 Å². The average molecular weight is 259 g/mol. The summed E-state index contributed by atoms with van der Waals surface area (Å²) >= 11 is 0. The minimum atomic E-state index is -0.964. The van der Waals surface area contributed by atoms with Crippen LogP contribution in [0.25, 0.3) is 5.52 Å². The Bertz CT molecular complexity index is 627. The molecule has 0 amide bonds. The number of carbonyl (C=O) groups is 1. The van der Waals surface area contributed by atoms with Gasteiger partial charge in [-0.05, 0) is 44.5 Å². The van der Waals surface area contributed by atoms with Gasteiger partial charge in [0.2, 0.25) is 0 Å². The number of aromatic carboxylic acids is 1. The Morgan fingerprint density at radius 1 is 1.37 bits per heavy atom.